The van der Waals surface area contributed by atoms with Crippen LogP contribution in [-0.4, -0.2) is 48.0 Å². The molecule has 3 rings (SSSR count). The van der Waals surface area contributed by atoms with Crippen LogP contribution < -0.4 is 10.6 Å². The number of nitrogens with zero attached hydrogens (tertiary/aromatic N) is 2. The Morgan fingerprint density at radius 2 is 2.12 bits per heavy atom. The number of piperidine rings is 1. The Kier molecular flexibility index (Phi) is 5.20. The Balaban J connectivity index is 1.70. The van der Waals surface area contributed by atoms with Crippen LogP contribution in [0.2, 0.25) is 0 Å². The smallest absolute Gasteiger partial charge is 0.225 e. The lowest BCUT2D eigenvalue weighted by atomic mass is 9.74. The predicted molar refractivity (Wildman–Crippen MR) is 95.2 cm³/mol. The van der Waals surface area contributed by atoms with E-state index in [9.17, 15) is 13.2 Å². The van der Waals surface area contributed by atoms with Gasteiger partial charge >= 0.3 is 0 Å². The van der Waals surface area contributed by atoms with Crippen LogP contribution in [0.15, 0.2) is 17.3 Å². The fourth-order valence-corrected chi connectivity index (χ4v) is 4.65. The molecule has 0 bridgehead atoms. The summed E-state index contributed by atoms with van der Waals surface area (Å²) >= 11 is 6.28. The molecule has 4 unspecified atom stereocenters. The summed E-state index contributed by atoms with van der Waals surface area (Å²) in [5, 5.41) is 6.33. The number of hydrogen-bond acceptors (Lipinski definition) is 6. The van der Waals surface area contributed by atoms with Crippen molar-refractivity contribution in [1.82, 2.24) is 15.3 Å². The van der Waals surface area contributed by atoms with Gasteiger partial charge in [0.1, 0.15) is 0 Å². The summed E-state index contributed by atoms with van der Waals surface area (Å²) in [6.07, 6.45) is 6.04. The Labute approximate surface area is 152 Å². The van der Waals surface area contributed by atoms with Crippen LogP contribution in [0.3, 0.4) is 0 Å². The molecule has 1 amide bonds. The van der Waals surface area contributed by atoms with Gasteiger partial charge in [-0.2, -0.15) is 0 Å². The van der Waals surface area contributed by atoms with Crippen molar-refractivity contribution >= 4 is 33.3 Å². The molecule has 1 aromatic rings. The normalized spacial score (nSPS) is 30.9. The molecule has 25 heavy (non-hydrogen) atoms. The van der Waals surface area contributed by atoms with Crippen molar-refractivity contribution in [1.29, 1.82) is 0 Å². The zero-order valence-corrected chi connectivity index (χ0v) is 15.8. The molecule has 0 radical (unpaired) electrons. The zero-order valence-electron chi connectivity index (χ0n) is 14.3. The SMILES string of the molecule is C[C@H](Nc1nccc(S(C)(=O)=O)n1)C1CC2CC(Cl)CCC2NC1=O. The lowest BCUT2D eigenvalue weighted by molar-refractivity contribution is -0.130. The van der Waals surface area contributed by atoms with Gasteiger partial charge < -0.3 is 10.6 Å². The average molecular weight is 387 g/mol. The number of rotatable bonds is 4. The summed E-state index contributed by atoms with van der Waals surface area (Å²) < 4.78 is 23.2. The van der Waals surface area contributed by atoms with Crippen LogP contribution in [0.5, 0.6) is 0 Å². The Morgan fingerprint density at radius 1 is 1.36 bits per heavy atom. The maximum absolute atomic E-state index is 12.5. The first-order valence-corrected chi connectivity index (χ1v) is 10.8. The zero-order chi connectivity index (χ0) is 18.2. The highest BCUT2D eigenvalue weighted by molar-refractivity contribution is 7.90. The molecule has 1 saturated heterocycles. The summed E-state index contributed by atoms with van der Waals surface area (Å²) in [5.74, 6) is 0.387. The number of alkyl halides is 1. The number of halogens is 1. The van der Waals surface area contributed by atoms with Crippen LogP contribution in [0.1, 0.15) is 32.6 Å². The van der Waals surface area contributed by atoms with Crippen molar-refractivity contribution in [3.05, 3.63) is 12.3 Å². The molecule has 1 saturated carbocycles. The van der Waals surface area contributed by atoms with Crippen LogP contribution in [0, 0.1) is 11.8 Å². The van der Waals surface area contributed by atoms with Gasteiger partial charge in [0.15, 0.2) is 14.9 Å². The predicted octanol–water partition coefficient (Wildman–Crippen LogP) is 1.59. The highest BCUT2D eigenvalue weighted by atomic mass is 35.5. The van der Waals surface area contributed by atoms with Gasteiger partial charge in [-0.15, -0.1) is 11.6 Å². The van der Waals surface area contributed by atoms with Crippen molar-refractivity contribution in [2.45, 2.75) is 55.1 Å². The Hall–Kier alpha value is -1.41. The fourth-order valence-electron chi connectivity index (χ4n) is 3.73. The van der Waals surface area contributed by atoms with Gasteiger partial charge in [-0.25, -0.2) is 18.4 Å². The van der Waals surface area contributed by atoms with Gasteiger partial charge in [-0.1, -0.05) is 0 Å². The largest absolute Gasteiger partial charge is 0.353 e. The van der Waals surface area contributed by atoms with E-state index in [1.54, 1.807) is 0 Å². The van der Waals surface area contributed by atoms with E-state index in [0.717, 1.165) is 31.9 Å². The number of amides is 1. The molecule has 2 heterocycles. The number of nitrogens with one attached hydrogen (secondary N) is 2. The van der Waals surface area contributed by atoms with Crippen LogP contribution in [-0.2, 0) is 14.6 Å². The molecule has 1 aromatic heterocycles. The van der Waals surface area contributed by atoms with Crippen molar-refractivity contribution in [2.75, 3.05) is 11.6 Å². The van der Waals surface area contributed by atoms with E-state index < -0.39 is 9.84 Å². The molecule has 9 heteroatoms. The first-order chi connectivity index (χ1) is 11.7. The Bertz CT molecular complexity index is 758. The second kappa shape index (κ2) is 7.07. The molecule has 2 N–H and O–H groups in total. The van der Waals surface area contributed by atoms with E-state index in [1.165, 1.54) is 12.3 Å². The van der Waals surface area contributed by atoms with Gasteiger partial charge in [0.2, 0.25) is 11.9 Å². The first-order valence-electron chi connectivity index (χ1n) is 8.48. The standard InChI is InChI=1S/C16H23ClN4O3S/c1-9(19-16-18-6-5-14(21-16)25(2,23)24)12-8-10-7-11(17)3-4-13(10)20-15(12)22/h5-6,9-13H,3-4,7-8H2,1-2H3,(H,20,22)(H,18,19,21)/t9-,10?,11?,12?,13?/m0/s1. The van der Waals surface area contributed by atoms with E-state index in [2.05, 4.69) is 20.6 Å². The number of anilines is 1. The number of carbonyl (C=O) groups excluding carboxylic acids is 1. The first kappa shape index (κ1) is 18.4. The minimum atomic E-state index is -3.40. The second-order valence-electron chi connectivity index (χ2n) is 7.05. The van der Waals surface area contributed by atoms with Crippen molar-refractivity contribution in [3.8, 4) is 0 Å². The van der Waals surface area contributed by atoms with Gasteiger partial charge in [0, 0.05) is 29.9 Å². The molecular weight excluding hydrogens is 364 g/mol. The van der Waals surface area contributed by atoms with Gasteiger partial charge in [0.25, 0.3) is 0 Å². The van der Waals surface area contributed by atoms with E-state index in [0.29, 0.717) is 5.92 Å². The van der Waals surface area contributed by atoms with Crippen molar-refractivity contribution < 1.29 is 13.2 Å². The van der Waals surface area contributed by atoms with E-state index >= 15 is 0 Å². The fraction of sp³-hybridized carbons (Fsp3) is 0.688. The lowest BCUT2D eigenvalue weighted by Gasteiger charge is -2.42. The van der Waals surface area contributed by atoms with Crippen LogP contribution in [0.25, 0.3) is 0 Å². The highest BCUT2D eigenvalue weighted by Crippen LogP contribution is 2.36. The summed E-state index contributed by atoms with van der Waals surface area (Å²) in [5.41, 5.74) is 0. The van der Waals surface area contributed by atoms with Crippen LogP contribution in [0.4, 0.5) is 5.95 Å². The summed E-state index contributed by atoms with van der Waals surface area (Å²) in [4.78, 5) is 20.6. The quantitative estimate of drug-likeness (QED) is 0.602. The third kappa shape index (κ3) is 4.23. The number of fused-ring (bicyclic) bond motifs is 1. The van der Waals surface area contributed by atoms with Gasteiger partial charge in [-0.05, 0) is 44.6 Å². The maximum atomic E-state index is 12.5. The van der Waals surface area contributed by atoms with E-state index in [-0.39, 0.29) is 40.3 Å². The third-order valence-corrected chi connectivity index (χ3v) is 6.49. The van der Waals surface area contributed by atoms with Crippen LogP contribution >= 0.6 is 11.6 Å². The molecule has 0 aromatic carbocycles. The molecule has 7 nitrogen and oxygen atoms in total. The molecule has 2 fully saturated rings. The Morgan fingerprint density at radius 3 is 2.84 bits per heavy atom. The number of aromatic nitrogens is 2. The molecule has 1 aliphatic carbocycles. The minimum Gasteiger partial charge on any atom is -0.353 e. The lowest BCUT2D eigenvalue weighted by Crippen LogP contribution is -2.55. The van der Waals surface area contributed by atoms with E-state index in [4.69, 9.17) is 11.6 Å². The molecular formula is C16H23ClN4O3S. The minimum absolute atomic E-state index is 0.0218. The van der Waals surface area contributed by atoms with Crippen molar-refractivity contribution in [3.63, 3.8) is 0 Å². The molecule has 138 valence electrons. The molecule has 5 atom stereocenters. The summed E-state index contributed by atoms with van der Waals surface area (Å²) in [6, 6.07) is 1.35. The second-order valence-corrected chi connectivity index (χ2v) is 9.63. The third-order valence-electron chi connectivity index (χ3n) is 5.11. The molecule has 0 spiro atoms. The number of hydrogen-bond donors (Lipinski definition) is 2. The average Bonchev–Trinajstić information content (AvgIpc) is 2.54. The van der Waals surface area contributed by atoms with E-state index in [1.807, 2.05) is 6.92 Å². The van der Waals surface area contributed by atoms with Gasteiger partial charge in [0.05, 0.1) is 5.92 Å². The highest BCUT2D eigenvalue weighted by Gasteiger charge is 2.41. The monoisotopic (exact) mass is 386 g/mol. The number of carbonyl (C=O) groups is 1. The molecule has 1 aliphatic heterocycles. The number of sulfone groups is 1. The molecule has 2 aliphatic rings. The maximum Gasteiger partial charge on any atom is 0.225 e. The van der Waals surface area contributed by atoms with Crippen molar-refractivity contribution in [2.24, 2.45) is 11.8 Å². The topological polar surface area (TPSA) is 101 Å². The van der Waals surface area contributed by atoms with Gasteiger partial charge in [-0.3, -0.25) is 4.79 Å². The summed E-state index contributed by atoms with van der Waals surface area (Å²) in [7, 11) is -3.40. The summed E-state index contributed by atoms with van der Waals surface area (Å²) in [6.45, 7) is 1.89.